The van der Waals surface area contributed by atoms with E-state index in [1.54, 1.807) is 0 Å². The van der Waals surface area contributed by atoms with Crippen LogP contribution in [-0.2, 0) is 0 Å². The maximum absolute atomic E-state index is 5.32. The van der Waals surface area contributed by atoms with Gasteiger partial charge in [-0.2, -0.15) is 0 Å². The van der Waals surface area contributed by atoms with Gasteiger partial charge in [-0.1, -0.05) is 170 Å². The molecule has 0 saturated carbocycles. The van der Waals surface area contributed by atoms with Gasteiger partial charge in [-0.25, -0.2) is 19.9 Å². The molecule has 0 N–H and O–H groups in total. The number of nitrogens with zero attached hydrogens (tertiary/aromatic N) is 5. The lowest BCUT2D eigenvalue weighted by Crippen LogP contribution is -2.18. The minimum Gasteiger partial charge on any atom is -0.337 e. The molecule has 0 amide bonds. The molecule has 0 radical (unpaired) electrons. The Bertz CT molecular complexity index is 3120. The van der Waals surface area contributed by atoms with E-state index >= 15 is 0 Å². The largest absolute Gasteiger partial charge is 0.337 e. The summed E-state index contributed by atoms with van der Waals surface area (Å²) < 4.78 is 2.48. The van der Waals surface area contributed by atoms with Crippen molar-refractivity contribution in [3.8, 4) is 67.8 Å². The first-order chi connectivity index (χ1) is 31.1. The fourth-order valence-electron chi connectivity index (χ4n) is 8.40. The Morgan fingerprint density at radius 3 is 1.43 bits per heavy atom. The van der Waals surface area contributed by atoms with Gasteiger partial charge in [-0.05, 0) is 54.1 Å². The lowest BCUT2D eigenvalue weighted by Gasteiger charge is -2.28. The summed E-state index contributed by atoms with van der Waals surface area (Å²) in [6.07, 6.45) is 8.51. The predicted molar refractivity (Wildman–Crippen MR) is 264 cm³/mol. The van der Waals surface area contributed by atoms with Gasteiger partial charge in [0.15, 0.2) is 11.6 Å². The van der Waals surface area contributed by atoms with Crippen LogP contribution in [0.4, 0.5) is 11.4 Å². The Morgan fingerprint density at radius 2 is 0.921 bits per heavy atom. The molecule has 6 heteroatoms. The van der Waals surface area contributed by atoms with Crippen LogP contribution in [-0.4, -0.2) is 26.5 Å². The Balaban J connectivity index is 1.19. The Labute approximate surface area is 370 Å². The number of hydrogen-bond donors (Lipinski definition) is 0. The molecule has 0 atom stereocenters. The first-order valence-electron chi connectivity index (χ1n) is 21.0. The third kappa shape index (κ3) is 7.43. The molecule has 4 heterocycles. The van der Waals surface area contributed by atoms with Crippen molar-refractivity contribution >= 4 is 48.5 Å². The molecule has 10 aromatic rings. The molecule has 1 aliphatic heterocycles. The first kappa shape index (κ1) is 37.9. The lowest BCUT2D eigenvalue weighted by atomic mass is 9.96. The van der Waals surface area contributed by atoms with Crippen molar-refractivity contribution < 1.29 is 0 Å². The molecule has 0 saturated heterocycles. The summed E-state index contributed by atoms with van der Waals surface area (Å²) in [5.74, 6) is 1.21. The van der Waals surface area contributed by atoms with Crippen LogP contribution in [0.3, 0.4) is 0 Å². The molecule has 0 bridgehead atoms. The van der Waals surface area contributed by atoms with Crippen LogP contribution in [0.5, 0.6) is 0 Å². The van der Waals surface area contributed by atoms with E-state index in [0.29, 0.717) is 18.2 Å². The van der Waals surface area contributed by atoms with Gasteiger partial charge in [0.25, 0.3) is 0 Å². The standard InChI is InChI=1S/C57H39N5S/c1-38-19-7-6-18-32-62(51-30-31-53-55(54(38)51)46-28-16-17-29-52(46)63-53)45-34-43(56-58-47(39-20-8-2-9-21-39)36-48(59-56)40-22-10-3-11-23-40)33-44(35-45)57-60-49(41-24-12-4-13-25-41)37-50(61-57)42-26-14-5-15-27-42/h2-31,33-37H,1,32H2/b18-6-,19-7-. The van der Waals surface area contributed by atoms with Crippen LogP contribution in [0.1, 0.15) is 5.56 Å². The molecule has 0 spiro atoms. The summed E-state index contributed by atoms with van der Waals surface area (Å²) in [6.45, 7) is 5.26. The van der Waals surface area contributed by atoms with Gasteiger partial charge in [-0.3, -0.25) is 0 Å². The molecule has 3 aromatic heterocycles. The topological polar surface area (TPSA) is 54.8 Å². The summed E-state index contributed by atoms with van der Waals surface area (Å²) in [6, 6.07) is 65.2. The maximum Gasteiger partial charge on any atom is 0.160 e. The van der Waals surface area contributed by atoms with Crippen molar-refractivity contribution in [2.24, 2.45) is 0 Å². The number of allylic oxidation sites excluding steroid dienone is 4. The van der Waals surface area contributed by atoms with Crippen molar-refractivity contribution in [2.75, 3.05) is 11.4 Å². The first-order valence-corrected chi connectivity index (χ1v) is 21.8. The number of benzene rings is 7. The fourth-order valence-corrected chi connectivity index (χ4v) is 9.52. The van der Waals surface area contributed by atoms with Crippen LogP contribution in [0.25, 0.3) is 93.6 Å². The second kappa shape index (κ2) is 16.4. The molecule has 63 heavy (non-hydrogen) atoms. The lowest BCUT2D eigenvalue weighted by molar-refractivity contribution is 1.09. The summed E-state index contributed by atoms with van der Waals surface area (Å²) >= 11 is 1.82. The fraction of sp³-hybridized carbons (Fsp3) is 0.0175. The van der Waals surface area contributed by atoms with Gasteiger partial charge in [0.05, 0.1) is 28.5 Å². The van der Waals surface area contributed by atoms with Crippen LogP contribution in [0.2, 0.25) is 0 Å². The molecular weight excluding hydrogens is 787 g/mol. The monoisotopic (exact) mass is 825 g/mol. The Morgan fingerprint density at radius 1 is 0.444 bits per heavy atom. The van der Waals surface area contributed by atoms with Crippen molar-refractivity contribution in [1.82, 2.24) is 19.9 Å². The number of rotatable bonds is 7. The number of anilines is 2. The molecule has 5 nitrogen and oxygen atoms in total. The van der Waals surface area contributed by atoms with E-state index in [1.807, 2.05) is 84.1 Å². The maximum atomic E-state index is 5.32. The van der Waals surface area contributed by atoms with Gasteiger partial charge < -0.3 is 4.90 Å². The van der Waals surface area contributed by atoms with Gasteiger partial charge in [0, 0.05) is 71.3 Å². The van der Waals surface area contributed by atoms with Gasteiger partial charge in [0.2, 0.25) is 0 Å². The van der Waals surface area contributed by atoms with Crippen LogP contribution >= 0.6 is 11.3 Å². The van der Waals surface area contributed by atoms with E-state index in [-0.39, 0.29) is 0 Å². The number of thiophene rings is 1. The van der Waals surface area contributed by atoms with Gasteiger partial charge in [0.1, 0.15) is 0 Å². The van der Waals surface area contributed by atoms with E-state index < -0.39 is 0 Å². The molecule has 7 aromatic carbocycles. The molecular formula is C57H39N5S. The van der Waals surface area contributed by atoms with Crippen molar-refractivity contribution in [2.45, 2.75) is 0 Å². The van der Waals surface area contributed by atoms with E-state index in [1.165, 1.54) is 20.2 Å². The van der Waals surface area contributed by atoms with Crippen molar-refractivity contribution in [3.63, 3.8) is 0 Å². The van der Waals surface area contributed by atoms with Crippen molar-refractivity contribution in [3.05, 3.63) is 225 Å². The third-order valence-corrected chi connectivity index (χ3v) is 12.6. The van der Waals surface area contributed by atoms with E-state index in [9.17, 15) is 0 Å². The number of fused-ring (bicyclic) bond motifs is 5. The molecule has 11 rings (SSSR count). The van der Waals surface area contributed by atoms with Crippen molar-refractivity contribution in [1.29, 1.82) is 0 Å². The highest BCUT2D eigenvalue weighted by molar-refractivity contribution is 7.25. The SMILES string of the molecule is C=C1/C=C\C=C/CN(c2cc(-c3nc(-c4ccccc4)cc(-c4ccccc4)n3)cc(-c3nc(-c4ccccc4)cc(-c4ccccc4)n3)c2)c2ccc3sc4ccccc4c3c21. The van der Waals surface area contributed by atoms with Crippen LogP contribution in [0.15, 0.2) is 219 Å². The highest BCUT2D eigenvalue weighted by atomic mass is 32.1. The molecule has 0 fully saturated rings. The Hall–Kier alpha value is -8.06. The average molecular weight is 826 g/mol. The summed E-state index contributed by atoms with van der Waals surface area (Å²) in [4.78, 5) is 23.6. The second-order valence-electron chi connectivity index (χ2n) is 15.5. The smallest absolute Gasteiger partial charge is 0.160 e. The molecule has 0 aliphatic carbocycles. The van der Waals surface area contributed by atoms with Crippen LogP contribution in [0, 0.1) is 0 Å². The average Bonchev–Trinajstić information content (AvgIpc) is 3.77. The quantitative estimate of drug-likeness (QED) is 0.160. The minimum absolute atomic E-state index is 0.599. The number of hydrogen-bond acceptors (Lipinski definition) is 6. The van der Waals surface area contributed by atoms with Gasteiger partial charge >= 0.3 is 0 Å². The summed E-state index contributed by atoms with van der Waals surface area (Å²) in [7, 11) is 0. The zero-order valence-corrected chi connectivity index (χ0v) is 35.1. The molecule has 298 valence electrons. The zero-order chi connectivity index (χ0) is 42.1. The predicted octanol–water partition coefficient (Wildman–Crippen LogP) is 14.9. The van der Waals surface area contributed by atoms with E-state index in [0.717, 1.165) is 78.7 Å². The molecule has 0 unspecified atom stereocenters. The number of aromatic nitrogens is 4. The van der Waals surface area contributed by atoms with E-state index in [2.05, 4.69) is 151 Å². The van der Waals surface area contributed by atoms with Gasteiger partial charge in [-0.15, -0.1) is 11.3 Å². The van der Waals surface area contributed by atoms with E-state index in [4.69, 9.17) is 19.9 Å². The summed E-state index contributed by atoms with van der Waals surface area (Å²) in [5, 5.41) is 2.44. The highest BCUT2D eigenvalue weighted by Gasteiger charge is 2.23. The minimum atomic E-state index is 0.599. The highest BCUT2D eigenvalue weighted by Crippen LogP contribution is 2.45. The second-order valence-corrected chi connectivity index (χ2v) is 16.6. The normalized spacial score (nSPS) is 13.6. The zero-order valence-electron chi connectivity index (χ0n) is 34.3. The van der Waals surface area contributed by atoms with Crippen LogP contribution < -0.4 is 4.90 Å². The summed E-state index contributed by atoms with van der Waals surface area (Å²) in [5.41, 5.74) is 13.2. The third-order valence-electron chi connectivity index (χ3n) is 11.4. The molecule has 1 aliphatic rings. The Kier molecular flexibility index (Phi) is 9.88.